The van der Waals surface area contributed by atoms with Gasteiger partial charge in [0.05, 0.1) is 12.1 Å². The summed E-state index contributed by atoms with van der Waals surface area (Å²) in [5, 5.41) is 3.37. The Bertz CT molecular complexity index is 528. The van der Waals surface area contributed by atoms with E-state index in [4.69, 9.17) is 27.9 Å². The van der Waals surface area contributed by atoms with Crippen LogP contribution >= 0.6 is 35.0 Å². The number of benzene rings is 1. The van der Waals surface area contributed by atoms with Gasteiger partial charge in [-0.05, 0) is 36.6 Å². The summed E-state index contributed by atoms with van der Waals surface area (Å²) in [5.74, 6) is 0.165. The molecule has 0 bridgehead atoms. The summed E-state index contributed by atoms with van der Waals surface area (Å²) < 4.78 is 9.98. The van der Waals surface area contributed by atoms with Gasteiger partial charge in [0.15, 0.2) is 6.61 Å². The molecule has 1 aromatic rings. The summed E-state index contributed by atoms with van der Waals surface area (Å²) in [4.78, 5) is 23.5. The van der Waals surface area contributed by atoms with E-state index < -0.39 is 17.9 Å². The van der Waals surface area contributed by atoms with Gasteiger partial charge in [0.1, 0.15) is 11.8 Å². The summed E-state index contributed by atoms with van der Waals surface area (Å²) >= 11 is 13.3. The summed E-state index contributed by atoms with van der Waals surface area (Å²) in [6.07, 6.45) is 2.41. The van der Waals surface area contributed by atoms with Gasteiger partial charge in [0, 0.05) is 5.02 Å². The molecule has 0 fully saturated rings. The van der Waals surface area contributed by atoms with E-state index in [0.717, 1.165) is 5.75 Å². The number of carbonyl (C=O) groups is 2. The van der Waals surface area contributed by atoms with Crippen molar-refractivity contribution in [1.82, 2.24) is 5.32 Å². The van der Waals surface area contributed by atoms with Crippen molar-refractivity contribution in [1.29, 1.82) is 0 Å². The molecule has 1 amide bonds. The molecule has 0 aliphatic rings. The number of thioether (sulfide) groups is 1. The lowest BCUT2D eigenvalue weighted by atomic mass is 10.2. The van der Waals surface area contributed by atoms with Crippen LogP contribution in [0.15, 0.2) is 18.2 Å². The van der Waals surface area contributed by atoms with Gasteiger partial charge in [-0.3, -0.25) is 4.79 Å². The Morgan fingerprint density at radius 1 is 1.36 bits per heavy atom. The molecule has 1 rings (SSSR count). The van der Waals surface area contributed by atoms with Gasteiger partial charge < -0.3 is 14.8 Å². The van der Waals surface area contributed by atoms with Crippen LogP contribution in [-0.4, -0.2) is 43.6 Å². The molecule has 0 saturated carbocycles. The maximum atomic E-state index is 11.9. The first-order valence-electron chi connectivity index (χ1n) is 6.42. The number of hydrogen-bond donors (Lipinski definition) is 1. The van der Waals surface area contributed by atoms with E-state index in [0.29, 0.717) is 22.2 Å². The molecule has 0 unspecified atom stereocenters. The van der Waals surface area contributed by atoms with Gasteiger partial charge >= 0.3 is 5.97 Å². The van der Waals surface area contributed by atoms with Crippen molar-refractivity contribution in [3.63, 3.8) is 0 Å². The number of esters is 1. The first-order chi connectivity index (χ1) is 10.5. The molecule has 0 radical (unpaired) electrons. The van der Waals surface area contributed by atoms with E-state index in [9.17, 15) is 9.59 Å². The van der Waals surface area contributed by atoms with Gasteiger partial charge in [0.25, 0.3) is 5.91 Å². The van der Waals surface area contributed by atoms with Crippen molar-refractivity contribution >= 4 is 46.8 Å². The number of hydrogen-bond acceptors (Lipinski definition) is 5. The normalized spacial score (nSPS) is 11.6. The smallest absolute Gasteiger partial charge is 0.328 e. The summed E-state index contributed by atoms with van der Waals surface area (Å²) in [6, 6.07) is 4.01. The number of halogens is 2. The van der Waals surface area contributed by atoms with Crippen LogP contribution < -0.4 is 10.1 Å². The Morgan fingerprint density at radius 3 is 2.68 bits per heavy atom. The second-order valence-corrected chi connectivity index (χ2v) is 6.12. The van der Waals surface area contributed by atoms with Gasteiger partial charge in [-0.2, -0.15) is 11.8 Å². The molecule has 0 saturated heterocycles. The third-order valence-corrected chi connectivity index (χ3v) is 3.86. The molecule has 122 valence electrons. The molecule has 8 heteroatoms. The van der Waals surface area contributed by atoms with Gasteiger partial charge in [-0.1, -0.05) is 23.2 Å². The highest BCUT2D eigenvalue weighted by molar-refractivity contribution is 7.98. The largest absolute Gasteiger partial charge is 0.482 e. The molecule has 0 spiro atoms. The topological polar surface area (TPSA) is 64.6 Å². The molecule has 0 aliphatic carbocycles. The fourth-order valence-electron chi connectivity index (χ4n) is 1.60. The quantitative estimate of drug-likeness (QED) is 0.717. The zero-order valence-electron chi connectivity index (χ0n) is 12.2. The minimum Gasteiger partial charge on any atom is -0.482 e. The Balaban J connectivity index is 2.54. The number of nitrogens with one attached hydrogen (secondary N) is 1. The predicted molar refractivity (Wildman–Crippen MR) is 88.9 cm³/mol. The number of methoxy groups -OCH3 is 1. The van der Waals surface area contributed by atoms with Crippen LogP contribution in [0.4, 0.5) is 0 Å². The average Bonchev–Trinajstić information content (AvgIpc) is 2.49. The van der Waals surface area contributed by atoms with Crippen LogP contribution in [0.2, 0.25) is 10.0 Å². The molecule has 1 N–H and O–H groups in total. The fraction of sp³-hybridized carbons (Fsp3) is 0.429. The third kappa shape index (κ3) is 6.34. The van der Waals surface area contributed by atoms with E-state index in [2.05, 4.69) is 10.1 Å². The highest BCUT2D eigenvalue weighted by Crippen LogP contribution is 2.27. The van der Waals surface area contributed by atoms with Crippen LogP contribution in [0, 0.1) is 0 Å². The highest BCUT2D eigenvalue weighted by Gasteiger charge is 2.21. The van der Waals surface area contributed by atoms with Gasteiger partial charge in [0.2, 0.25) is 0 Å². The summed E-state index contributed by atoms with van der Waals surface area (Å²) in [7, 11) is 1.28. The standard InChI is InChI=1S/C14H17Cl2NO4S/c1-20-14(19)11(5-6-22-2)17-13(18)8-21-12-4-3-9(15)7-10(12)16/h3-4,7,11H,5-6,8H2,1-2H3,(H,17,18)/t11-/m0/s1. The lowest BCUT2D eigenvalue weighted by Gasteiger charge is -2.16. The van der Waals surface area contributed by atoms with Crippen molar-refractivity contribution in [2.24, 2.45) is 0 Å². The number of rotatable bonds is 8. The van der Waals surface area contributed by atoms with E-state index in [1.165, 1.54) is 13.2 Å². The van der Waals surface area contributed by atoms with Crippen molar-refractivity contribution in [3.05, 3.63) is 28.2 Å². The molecular formula is C14H17Cl2NO4S. The molecular weight excluding hydrogens is 349 g/mol. The Hall–Kier alpha value is -1.11. The lowest BCUT2D eigenvalue weighted by Crippen LogP contribution is -2.43. The SMILES string of the molecule is COC(=O)[C@H](CCSC)NC(=O)COc1ccc(Cl)cc1Cl. The fourth-order valence-corrected chi connectivity index (χ4v) is 2.53. The minimum atomic E-state index is -0.686. The van der Waals surface area contributed by atoms with Crippen molar-refractivity contribution in [2.75, 3.05) is 25.7 Å². The Labute approximate surface area is 143 Å². The van der Waals surface area contributed by atoms with Gasteiger partial charge in [-0.15, -0.1) is 0 Å². The van der Waals surface area contributed by atoms with E-state index in [1.54, 1.807) is 23.9 Å². The van der Waals surface area contributed by atoms with Crippen LogP contribution in [0.3, 0.4) is 0 Å². The van der Waals surface area contributed by atoms with E-state index in [-0.39, 0.29) is 6.61 Å². The molecule has 22 heavy (non-hydrogen) atoms. The molecule has 1 atom stereocenters. The minimum absolute atomic E-state index is 0.256. The first-order valence-corrected chi connectivity index (χ1v) is 8.57. The molecule has 1 aromatic carbocycles. The van der Waals surface area contributed by atoms with Crippen LogP contribution in [0.5, 0.6) is 5.75 Å². The molecule has 0 heterocycles. The van der Waals surface area contributed by atoms with E-state index >= 15 is 0 Å². The maximum Gasteiger partial charge on any atom is 0.328 e. The van der Waals surface area contributed by atoms with Crippen molar-refractivity contribution in [3.8, 4) is 5.75 Å². The second kappa shape index (κ2) is 9.82. The van der Waals surface area contributed by atoms with Crippen LogP contribution in [0.25, 0.3) is 0 Å². The number of carbonyl (C=O) groups excluding carboxylic acids is 2. The first kappa shape index (κ1) is 18.9. The number of ether oxygens (including phenoxy) is 2. The maximum absolute atomic E-state index is 11.9. The van der Waals surface area contributed by atoms with Gasteiger partial charge in [-0.25, -0.2) is 4.79 Å². The molecule has 0 aliphatic heterocycles. The van der Waals surface area contributed by atoms with Crippen molar-refractivity contribution < 1.29 is 19.1 Å². The lowest BCUT2D eigenvalue weighted by molar-refractivity contribution is -0.145. The summed E-state index contributed by atoms with van der Waals surface area (Å²) in [5.41, 5.74) is 0. The third-order valence-electron chi connectivity index (χ3n) is 2.68. The molecule has 0 aromatic heterocycles. The Kier molecular flexibility index (Phi) is 8.45. The average molecular weight is 366 g/mol. The number of amides is 1. The zero-order valence-corrected chi connectivity index (χ0v) is 14.6. The van der Waals surface area contributed by atoms with E-state index in [1.807, 2.05) is 6.26 Å². The zero-order chi connectivity index (χ0) is 16.5. The second-order valence-electron chi connectivity index (χ2n) is 4.29. The Morgan fingerprint density at radius 2 is 2.09 bits per heavy atom. The predicted octanol–water partition coefficient (Wildman–Crippen LogP) is 2.78. The van der Waals surface area contributed by atoms with Crippen LogP contribution in [-0.2, 0) is 14.3 Å². The molecule has 5 nitrogen and oxygen atoms in total. The van der Waals surface area contributed by atoms with Crippen molar-refractivity contribution in [2.45, 2.75) is 12.5 Å². The summed E-state index contributed by atoms with van der Waals surface area (Å²) in [6.45, 7) is -0.256. The monoisotopic (exact) mass is 365 g/mol. The van der Waals surface area contributed by atoms with Crippen LogP contribution in [0.1, 0.15) is 6.42 Å². The highest BCUT2D eigenvalue weighted by atomic mass is 35.5.